The molecule has 0 spiro atoms. The Labute approximate surface area is 50.0 Å². The van der Waals surface area contributed by atoms with E-state index in [9.17, 15) is 0 Å². The van der Waals surface area contributed by atoms with Crippen molar-refractivity contribution in [3.05, 3.63) is 0 Å². The van der Waals surface area contributed by atoms with Crippen LogP contribution in [0.4, 0.5) is 0 Å². The molecule has 1 aliphatic heterocycles. The van der Waals surface area contributed by atoms with E-state index in [1.54, 1.807) is 0 Å². The van der Waals surface area contributed by atoms with Crippen molar-refractivity contribution >= 4 is 0 Å². The van der Waals surface area contributed by atoms with Crippen molar-refractivity contribution in [3.63, 3.8) is 0 Å². The Morgan fingerprint density at radius 2 is 2.38 bits per heavy atom. The van der Waals surface area contributed by atoms with Gasteiger partial charge in [0.05, 0.1) is 6.10 Å². The highest BCUT2D eigenvalue weighted by Gasteiger charge is 2.10. The smallest absolute Gasteiger partial charge is 0.0697 e. The lowest BCUT2D eigenvalue weighted by Gasteiger charge is -2.20. The zero-order valence-corrected chi connectivity index (χ0v) is 5.10. The summed E-state index contributed by atoms with van der Waals surface area (Å²) in [5.74, 6) is 0. The zero-order chi connectivity index (χ0) is 5.82. The molecule has 1 aliphatic rings. The average Bonchev–Trinajstić information content (AvgIpc) is 1.90. The van der Waals surface area contributed by atoms with Gasteiger partial charge in [0.15, 0.2) is 0 Å². The standard InChI is InChI=1S/C6H13NO/c7-5-6-3-1-2-4-8-6/h6H,1-5,7H2/t6-/m0/s1. The lowest BCUT2D eigenvalue weighted by molar-refractivity contribution is 0.0222. The maximum Gasteiger partial charge on any atom is 0.0697 e. The first-order valence-corrected chi connectivity index (χ1v) is 3.25. The van der Waals surface area contributed by atoms with Gasteiger partial charge in [-0.05, 0) is 19.3 Å². The fraction of sp³-hybridized carbons (Fsp3) is 1.00. The summed E-state index contributed by atoms with van der Waals surface area (Å²) in [4.78, 5) is 0. The summed E-state index contributed by atoms with van der Waals surface area (Å²) < 4.78 is 5.30. The van der Waals surface area contributed by atoms with Crippen molar-refractivity contribution in [1.29, 1.82) is 0 Å². The van der Waals surface area contributed by atoms with Gasteiger partial charge in [0.2, 0.25) is 0 Å². The molecule has 2 nitrogen and oxygen atoms in total. The molecule has 0 aliphatic carbocycles. The van der Waals surface area contributed by atoms with E-state index in [0.29, 0.717) is 12.6 Å². The molecule has 0 aromatic carbocycles. The summed E-state index contributed by atoms with van der Waals surface area (Å²) in [5.41, 5.74) is 5.38. The summed E-state index contributed by atoms with van der Waals surface area (Å²) >= 11 is 0. The van der Waals surface area contributed by atoms with Gasteiger partial charge in [0.1, 0.15) is 0 Å². The van der Waals surface area contributed by atoms with E-state index in [-0.39, 0.29) is 0 Å². The van der Waals surface area contributed by atoms with Gasteiger partial charge >= 0.3 is 0 Å². The SMILES string of the molecule is NC[C@@H]1CCCCO1. The number of nitrogens with two attached hydrogens (primary N) is 1. The van der Waals surface area contributed by atoms with Crippen LogP contribution in [0, 0.1) is 0 Å². The van der Waals surface area contributed by atoms with E-state index in [0.717, 1.165) is 13.0 Å². The van der Waals surface area contributed by atoms with Crippen molar-refractivity contribution in [2.24, 2.45) is 5.73 Å². The molecule has 2 N–H and O–H groups in total. The van der Waals surface area contributed by atoms with Gasteiger partial charge in [-0.1, -0.05) is 0 Å². The first-order chi connectivity index (χ1) is 3.93. The van der Waals surface area contributed by atoms with Crippen LogP contribution >= 0.6 is 0 Å². The predicted octanol–water partition coefficient (Wildman–Crippen LogP) is 0.514. The molecule has 1 heterocycles. The van der Waals surface area contributed by atoms with Crippen LogP contribution in [0.25, 0.3) is 0 Å². The Morgan fingerprint density at radius 1 is 1.50 bits per heavy atom. The Morgan fingerprint density at radius 3 is 2.75 bits per heavy atom. The molecule has 1 saturated heterocycles. The Hall–Kier alpha value is -0.0800. The highest BCUT2D eigenvalue weighted by Crippen LogP contribution is 2.10. The lowest BCUT2D eigenvalue weighted by Crippen LogP contribution is -2.27. The molecule has 0 aromatic rings. The predicted molar refractivity (Wildman–Crippen MR) is 32.6 cm³/mol. The van der Waals surface area contributed by atoms with Crippen molar-refractivity contribution in [2.75, 3.05) is 13.2 Å². The molecule has 2 heteroatoms. The highest BCUT2D eigenvalue weighted by atomic mass is 16.5. The third-order valence-corrected chi connectivity index (χ3v) is 1.54. The molecule has 0 radical (unpaired) electrons. The van der Waals surface area contributed by atoms with Crippen molar-refractivity contribution in [3.8, 4) is 0 Å². The second-order valence-electron chi connectivity index (χ2n) is 2.22. The van der Waals surface area contributed by atoms with Crippen LogP contribution in [0.15, 0.2) is 0 Å². The lowest BCUT2D eigenvalue weighted by atomic mass is 10.1. The number of hydrogen-bond acceptors (Lipinski definition) is 2. The molecule has 1 atom stereocenters. The van der Waals surface area contributed by atoms with Gasteiger partial charge in [0.25, 0.3) is 0 Å². The first kappa shape index (κ1) is 6.05. The second kappa shape index (κ2) is 3.05. The fourth-order valence-corrected chi connectivity index (χ4v) is 0.993. The molecular weight excluding hydrogens is 102 g/mol. The van der Waals surface area contributed by atoms with Crippen LogP contribution < -0.4 is 5.73 Å². The Balaban J connectivity index is 2.13. The molecule has 0 bridgehead atoms. The van der Waals surface area contributed by atoms with Crippen molar-refractivity contribution in [2.45, 2.75) is 25.4 Å². The molecule has 0 saturated carbocycles. The Kier molecular flexibility index (Phi) is 2.30. The molecular formula is C6H13NO. The maximum atomic E-state index is 5.38. The molecule has 8 heavy (non-hydrogen) atoms. The van der Waals surface area contributed by atoms with Crippen LogP contribution in [0.2, 0.25) is 0 Å². The molecule has 0 unspecified atom stereocenters. The first-order valence-electron chi connectivity index (χ1n) is 3.25. The van der Waals surface area contributed by atoms with Gasteiger partial charge in [-0.3, -0.25) is 0 Å². The molecule has 0 amide bonds. The fourth-order valence-electron chi connectivity index (χ4n) is 0.993. The minimum atomic E-state index is 0.365. The zero-order valence-electron chi connectivity index (χ0n) is 5.10. The minimum Gasteiger partial charge on any atom is -0.377 e. The largest absolute Gasteiger partial charge is 0.377 e. The van der Waals surface area contributed by atoms with Gasteiger partial charge in [-0.2, -0.15) is 0 Å². The number of rotatable bonds is 1. The minimum absolute atomic E-state index is 0.365. The summed E-state index contributed by atoms with van der Waals surface area (Å²) in [6.07, 6.45) is 4.04. The van der Waals surface area contributed by atoms with Gasteiger partial charge < -0.3 is 10.5 Å². The highest BCUT2D eigenvalue weighted by molar-refractivity contribution is 4.62. The quantitative estimate of drug-likeness (QED) is 0.540. The van der Waals surface area contributed by atoms with Gasteiger partial charge in [-0.15, -0.1) is 0 Å². The van der Waals surface area contributed by atoms with Gasteiger partial charge in [-0.25, -0.2) is 0 Å². The molecule has 1 rings (SSSR count). The topological polar surface area (TPSA) is 35.2 Å². The van der Waals surface area contributed by atoms with Crippen LogP contribution in [0.5, 0.6) is 0 Å². The van der Waals surface area contributed by atoms with E-state index < -0.39 is 0 Å². The van der Waals surface area contributed by atoms with Crippen molar-refractivity contribution < 1.29 is 4.74 Å². The van der Waals surface area contributed by atoms with E-state index in [1.165, 1.54) is 12.8 Å². The van der Waals surface area contributed by atoms with E-state index >= 15 is 0 Å². The summed E-state index contributed by atoms with van der Waals surface area (Å²) in [7, 11) is 0. The van der Waals surface area contributed by atoms with E-state index in [1.807, 2.05) is 0 Å². The summed E-state index contributed by atoms with van der Waals surface area (Å²) in [5, 5.41) is 0. The number of ether oxygens (including phenoxy) is 1. The summed E-state index contributed by atoms with van der Waals surface area (Å²) in [6.45, 7) is 1.61. The molecule has 0 aromatic heterocycles. The third-order valence-electron chi connectivity index (χ3n) is 1.54. The monoisotopic (exact) mass is 115 g/mol. The molecule has 48 valence electrons. The van der Waals surface area contributed by atoms with Crippen molar-refractivity contribution in [1.82, 2.24) is 0 Å². The number of hydrogen-bond donors (Lipinski definition) is 1. The van der Waals surface area contributed by atoms with Crippen LogP contribution in [-0.4, -0.2) is 19.3 Å². The molecule has 1 fully saturated rings. The van der Waals surface area contributed by atoms with Crippen LogP contribution in [0.3, 0.4) is 0 Å². The third kappa shape index (κ3) is 1.46. The van der Waals surface area contributed by atoms with E-state index in [4.69, 9.17) is 10.5 Å². The van der Waals surface area contributed by atoms with Crippen LogP contribution in [-0.2, 0) is 4.74 Å². The van der Waals surface area contributed by atoms with Crippen LogP contribution in [0.1, 0.15) is 19.3 Å². The average molecular weight is 115 g/mol. The maximum absolute atomic E-state index is 5.38. The van der Waals surface area contributed by atoms with E-state index in [2.05, 4.69) is 0 Å². The summed E-state index contributed by atoms with van der Waals surface area (Å²) in [6, 6.07) is 0. The van der Waals surface area contributed by atoms with Gasteiger partial charge in [0, 0.05) is 13.2 Å². The normalized spacial score (nSPS) is 30.4. The second-order valence-corrected chi connectivity index (χ2v) is 2.22. The Bertz CT molecular complexity index is 59.5.